The molecule has 1 aliphatic carbocycles. The van der Waals surface area contributed by atoms with Crippen molar-refractivity contribution >= 4 is 24.8 Å². The third-order valence-corrected chi connectivity index (χ3v) is 11.0. The van der Waals surface area contributed by atoms with E-state index in [0.717, 1.165) is 0 Å². The minimum atomic E-state index is 0. The second-order valence-electron chi connectivity index (χ2n) is 18.3. The molecule has 0 spiro atoms. The molecule has 0 bridgehead atoms. The zero-order valence-corrected chi connectivity index (χ0v) is 38.1. The minimum absolute atomic E-state index is 0. The number of halogens is 2. The van der Waals surface area contributed by atoms with Gasteiger partial charge in [0.05, 0.1) is 0 Å². The van der Waals surface area contributed by atoms with Crippen LogP contribution < -0.4 is 24.8 Å². The van der Waals surface area contributed by atoms with Crippen LogP contribution >= 0.6 is 0 Å². The van der Waals surface area contributed by atoms with Gasteiger partial charge in [0.25, 0.3) is 0 Å². The molecule has 1 atom stereocenters. The van der Waals surface area contributed by atoms with Crippen LogP contribution in [0.4, 0.5) is 0 Å². The molecule has 5 aromatic carbocycles. The van der Waals surface area contributed by atoms with Gasteiger partial charge in [0.2, 0.25) is 0 Å². The monoisotopic (exact) mass is 808 g/mol. The molecule has 52 heavy (non-hydrogen) atoms. The Bertz CT molecular complexity index is 1860. The van der Waals surface area contributed by atoms with E-state index in [2.05, 4.69) is 200 Å². The van der Waals surface area contributed by atoms with Crippen molar-refractivity contribution in [3.05, 3.63) is 148 Å². The average Bonchev–Trinajstić information content (AvgIpc) is 3.60. The van der Waals surface area contributed by atoms with Crippen molar-refractivity contribution in [3.63, 3.8) is 0 Å². The Morgan fingerprint density at radius 2 is 0.865 bits per heavy atom. The maximum Gasteiger partial charge on any atom is -0.0145 e. The summed E-state index contributed by atoms with van der Waals surface area (Å²) in [5.74, 6) is 0.556. The minimum Gasteiger partial charge on any atom is -1.00 e. The van der Waals surface area contributed by atoms with E-state index in [1.165, 1.54) is 87.9 Å². The predicted octanol–water partition coefficient (Wildman–Crippen LogP) is 7.65. The summed E-state index contributed by atoms with van der Waals surface area (Å²) in [7, 11) is 0. The first-order valence-corrected chi connectivity index (χ1v) is 19.5. The van der Waals surface area contributed by atoms with Crippen LogP contribution in [0.5, 0.6) is 0 Å². The van der Waals surface area contributed by atoms with E-state index < -0.39 is 0 Å². The number of benzene rings is 4. The van der Waals surface area contributed by atoms with Gasteiger partial charge >= 0.3 is 151 Å². The van der Waals surface area contributed by atoms with E-state index in [-0.39, 0.29) is 46.5 Å². The van der Waals surface area contributed by atoms with Gasteiger partial charge in [-0.1, -0.05) is 89.8 Å². The number of fused-ring (bicyclic) bond motifs is 3. The molecule has 0 fully saturated rings. The molecule has 0 radical (unpaired) electrons. The smallest absolute Gasteiger partial charge is 0.0145 e. The van der Waals surface area contributed by atoms with Crippen molar-refractivity contribution in [2.75, 3.05) is 0 Å². The first-order chi connectivity index (χ1) is 23.0. The fourth-order valence-electron chi connectivity index (χ4n) is 6.13. The van der Waals surface area contributed by atoms with Gasteiger partial charge in [-0.05, 0) is 10.8 Å². The van der Waals surface area contributed by atoms with Crippen molar-refractivity contribution in [1.82, 2.24) is 0 Å². The molecular formula is C49H60Cl2Zr-2. The van der Waals surface area contributed by atoms with Crippen LogP contribution in [0.3, 0.4) is 0 Å². The van der Waals surface area contributed by atoms with Crippen molar-refractivity contribution in [1.29, 1.82) is 0 Å². The summed E-state index contributed by atoms with van der Waals surface area (Å²) in [4.78, 5) is 0. The molecule has 5 aromatic rings. The Hall–Kier alpha value is -2.44. The molecular weight excluding hydrogens is 751 g/mol. The average molecular weight is 811 g/mol. The first kappa shape index (κ1) is 45.7. The van der Waals surface area contributed by atoms with Crippen LogP contribution in [0, 0.1) is 12.0 Å². The SMILES string of the molecule is CC(C)(C)c1ccc([C](=[Zr+2])c2ccc(C(C)(C)C)cc2)cc1.CC(C)(C)c1ccc2[cH-]c3ccc(C(C)(C)C)cc3c2c1.CC1=CC(C)[C-]=C1.[Cl-].[Cl-]. The van der Waals surface area contributed by atoms with Gasteiger partial charge in [0, 0.05) is 0 Å². The van der Waals surface area contributed by atoms with E-state index in [1.807, 2.05) is 6.08 Å². The fourth-order valence-corrected chi connectivity index (χ4v) is 6.94. The molecule has 3 heteroatoms. The molecule has 0 saturated heterocycles. The van der Waals surface area contributed by atoms with Gasteiger partial charge in [0.1, 0.15) is 0 Å². The maximum atomic E-state index is 3.15. The van der Waals surface area contributed by atoms with Crippen molar-refractivity contribution in [2.24, 2.45) is 5.92 Å². The van der Waals surface area contributed by atoms with Crippen LogP contribution in [0.25, 0.3) is 21.5 Å². The quantitative estimate of drug-likeness (QED) is 0.161. The Balaban J connectivity index is 0.000000294. The van der Waals surface area contributed by atoms with Crippen LogP contribution in [-0.2, 0) is 45.9 Å². The molecule has 0 amide bonds. The molecule has 0 nitrogen and oxygen atoms in total. The van der Waals surface area contributed by atoms with Crippen LogP contribution in [0.1, 0.15) is 130 Å². The van der Waals surface area contributed by atoms with E-state index in [9.17, 15) is 0 Å². The first-order valence-electron chi connectivity index (χ1n) is 18.3. The van der Waals surface area contributed by atoms with Gasteiger partial charge in [-0.25, -0.2) is 11.6 Å². The molecule has 276 valence electrons. The Kier molecular flexibility index (Phi) is 15.6. The Morgan fingerprint density at radius 1 is 0.538 bits per heavy atom. The summed E-state index contributed by atoms with van der Waals surface area (Å²) in [5.41, 5.74) is 10.4. The van der Waals surface area contributed by atoms with E-state index in [1.54, 1.807) is 0 Å². The van der Waals surface area contributed by atoms with Crippen LogP contribution in [0.15, 0.2) is 109 Å². The van der Waals surface area contributed by atoms with Gasteiger partial charge in [-0.2, -0.15) is 6.08 Å². The Labute approximate surface area is 344 Å². The van der Waals surface area contributed by atoms with Crippen LogP contribution in [-0.4, -0.2) is 3.21 Å². The summed E-state index contributed by atoms with van der Waals surface area (Å²) < 4.78 is 1.42. The molecule has 0 aliphatic heterocycles. The molecule has 0 saturated carbocycles. The second-order valence-corrected chi connectivity index (χ2v) is 19.5. The van der Waals surface area contributed by atoms with Gasteiger partial charge < -0.3 is 24.8 Å². The fraction of sp³-hybridized carbons (Fsp3) is 0.388. The summed E-state index contributed by atoms with van der Waals surface area (Å²) in [6.45, 7) is 31.4. The van der Waals surface area contributed by atoms with Gasteiger partial charge in [0.15, 0.2) is 0 Å². The summed E-state index contributed by atoms with van der Waals surface area (Å²) >= 11 is 1.46. The zero-order chi connectivity index (χ0) is 37.2. The summed E-state index contributed by atoms with van der Waals surface area (Å²) in [5, 5.41) is 5.49. The zero-order valence-electron chi connectivity index (χ0n) is 34.1. The van der Waals surface area contributed by atoms with Crippen molar-refractivity contribution in [2.45, 2.75) is 119 Å². The number of rotatable bonds is 2. The standard InChI is InChI=1S/C21H25.C21H26.C7H9.2ClH.Zr/c1-20(2,3)16-9-7-14-11-15-8-10-17(21(4,5)6)13-19(15)18(14)12-16;1-20(2,3)18-11-7-16(8-12-18)15-17-9-13-19(14-10-17)21(4,5)6;1-6-3-4-7(2)5-6;;;/h7-13H,1-6H3;7-14H,1-6H3;3,5,7H,1-2H3;2*1H;/q-1;;-1;;;+2/p-2. The summed E-state index contributed by atoms with van der Waals surface area (Å²) in [6, 6.07) is 34.3. The molecule has 0 aromatic heterocycles. The van der Waals surface area contributed by atoms with Crippen molar-refractivity contribution in [3.8, 4) is 0 Å². The topological polar surface area (TPSA) is 0 Å². The summed E-state index contributed by atoms with van der Waals surface area (Å²) in [6.07, 6.45) is 7.38. The van der Waals surface area contributed by atoms with E-state index in [0.29, 0.717) is 5.92 Å². The number of allylic oxidation sites excluding steroid dienone is 4. The van der Waals surface area contributed by atoms with Gasteiger partial charge in [-0.15, -0.1) is 46.7 Å². The third-order valence-electron chi connectivity index (χ3n) is 9.61. The normalized spacial score (nSPS) is 14.4. The third kappa shape index (κ3) is 12.0. The van der Waals surface area contributed by atoms with E-state index in [4.69, 9.17) is 0 Å². The molecule has 0 N–H and O–H groups in total. The van der Waals surface area contributed by atoms with Gasteiger partial charge in [-0.3, -0.25) is 6.08 Å². The van der Waals surface area contributed by atoms with Crippen LogP contribution in [0.2, 0.25) is 0 Å². The number of hydrogen-bond acceptors (Lipinski definition) is 0. The van der Waals surface area contributed by atoms with Crippen molar-refractivity contribution < 1.29 is 49.0 Å². The Morgan fingerprint density at radius 3 is 1.12 bits per heavy atom. The number of hydrogen-bond donors (Lipinski definition) is 0. The maximum absolute atomic E-state index is 3.15. The largest absolute Gasteiger partial charge is 1.00 e. The molecule has 1 aliphatic rings. The van der Waals surface area contributed by atoms with E-state index >= 15 is 0 Å². The molecule has 6 rings (SSSR count). The second kappa shape index (κ2) is 17.8. The molecule has 0 heterocycles. The predicted molar refractivity (Wildman–Crippen MR) is 219 cm³/mol. The molecule has 1 unspecified atom stereocenters.